The maximum Gasteiger partial charge on any atom is 0.323 e. The van der Waals surface area contributed by atoms with Gasteiger partial charge in [-0.05, 0) is 42.7 Å². The van der Waals surface area contributed by atoms with Crippen LogP contribution in [0.5, 0.6) is 0 Å². The van der Waals surface area contributed by atoms with E-state index in [1.807, 2.05) is 55.5 Å². The van der Waals surface area contributed by atoms with Crippen LogP contribution in [0.1, 0.15) is 16.8 Å². The monoisotopic (exact) mass is 399 g/mol. The number of nitrogens with one attached hydrogen (secondary N) is 2. The van der Waals surface area contributed by atoms with Gasteiger partial charge < -0.3 is 15.5 Å². The van der Waals surface area contributed by atoms with Crippen molar-refractivity contribution < 1.29 is 4.79 Å². The number of aryl methyl sites for hydroxylation is 1. The van der Waals surface area contributed by atoms with Crippen LogP contribution in [-0.2, 0) is 13.0 Å². The molecule has 5 rings (SSSR count). The molecular weight excluding hydrogens is 378 g/mol. The van der Waals surface area contributed by atoms with Crippen LogP contribution in [0, 0.1) is 6.92 Å². The summed E-state index contributed by atoms with van der Waals surface area (Å²) >= 11 is 0. The molecule has 0 atom stereocenters. The Morgan fingerprint density at radius 3 is 2.80 bits per heavy atom. The average Bonchev–Trinajstić information content (AvgIpc) is 3.22. The largest absolute Gasteiger partial charge is 0.352 e. The van der Waals surface area contributed by atoms with Gasteiger partial charge in [0, 0.05) is 36.2 Å². The highest BCUT2D eigenvalue weighted by Gasteiger charge is 2.22. The van der Waals surface area contributed by atoms with Crippen LogP contribution in [0.3, 0.4) is 0 Å². The van der Waals surface area contributed by atoms with E-state index in [0.29, 0.717) is 5.78 Å². The Morgan fingerprint density at radius 2 is 1.93 bits per heavy atom. The second-order valence-corrected chi connectivity index (χ2v) is 7.29. The normalized spacial score (nSPS) is 13.2. The molecule has 2 N–H and O–H groups in total. The van der Waals surface area contributed by atoms with Gasteiger partial charge in [0.25, 0.3) is 5.78 Å². The smallest absolute Gasteiger partial charge is 0.323 e. The SMILES string of the molecule is Cc1cc(N2CCc3c(cccc3NC(=O)Nc3ccccc3)C2)n2ncnc2n1. The molecule has 2 aromatic carbocycles. The molecule has 30 heavy (non-hydrogen) atoms. The fraction of sp³-hybridized carbons (Fsp3) is 0.182. The van der Waals surface area contributed by atoms with E-state index in [1.165, 1.54) is 11.9 Å². The summed E-state index contributed by atoms with van der Waals surface area (Å²) in [5.74, 6) is 1.57. The predicted octanol–water partition coefficient (Wildman–Crippen LogP) is 3.64. The van der Waals surface area contributed by atoms with Crippen LogP contribution in [0.2, 0.25) is 0 Å². The number of para-hydroxylation sites is 1. The van der Waals surface area contributed by atoms with E-state index in [-0.39, 0.29) is 6.03 Å². The van der Waals surface area contributed by atoms with Crippen LogP contribution in [0.15, 0.2) is 60.9 Å². The average molecular weight is 399 g/mol. The van der Waals surface area contributed by atoms with Gasteiger partial charge in [0.15, 0.2) is 0 Å². The summed E-state index contributed by atoms with van der Waals surface area (Å²) in [6.45, 7) is 3.50. The molecule has 0 unspecified atom stereocenters. The number of nitrogens with zero attached hydrogens (tertiary/aromatic N) is 5. The summed E-state index contributed by atoms with van der Waals surface area (Å²) in [5, 5.41) is 10.2. The summed E-state index contributed by atoms with van der Waals surface area (Å²) in [6, 6.07) is 17.2. The first-order valence-electron chi connectivity index (χ1n) is 9.83. The molecule has 2 aromatic heterocycles. The van der Waals surface area contributed by atoms with Crippen molar-refractivity contribution >= 4 is 29.0 Å². The van der Waals surface area contributed by atoms with E-state index in [9.17, 15) is 4.79 Å². The number of benzene rings is 2. The van der Waals surface area contributed by atoms with E-state index >= 15 is 0 Å². The van der Waals surface area contributed by atoms with Crippen LogP contribution in [0.4, 0.5) is 22.0 Å². The van der Waals surface area contributed by atoms with Gasteiger partial charge in [0.2, 0.25) is 0 Å². The van der Waals surface area contributed by atoms with E-state index in [0.717, 1.165) is 48.0 Å². The molecule has 0 radical (unpaired) electrons. The van der Waals surface area contributed by atoms with Gasteiger partial charge in [-0.15, -0.1) is 0 Å². The quantitative estimate of drug-likeness (QED) is 0.549. The van der Waals surface area contributed by atoms with Crippen molar-refractivity contribution in [1.82, 2.24) is 19.6 Å². The number of aromatic nitrogens is 4. The Morgan fingerprint density at radius 1 is 1.07 bits per heavy atom. The van der Waals surface area contributed by atoms with Crippen molar-refractivity contribution in [3.8, 4) is 0 Å². The zero-order chi connectivity index (χ0) is 20.5. The van der Waals surface area contributed by atoms with Crippen molar-refractivity contribution in [3.05, 3.63) is 77.7 Å². The van der Waals surface area contributed by atoms with Gasteiger partial charge in [-0.2, -0.15) is 14.6 Å². The fourth-order valence-corrected chi connectivity index (χ4v) is 3.86. The van der Waals surface area contributed by atoms with Crippen molar-refractivity contribution in [2.45, 2.75) is 19.9 Å². The Labute approximate surface area is 173 Å². The molecule has 0 bridgehead atoms. The molecule has 0 fully saturated rings. The lowest BCUT2D eigenvalue weighted by Crippen LogP contribution is -2.33. The molecule has 4 aromatic rings. The van der Waals surface area contributed by atoms with Gasteiger partial charge in [0.05, 0.1) is 0 Å². The standard InChI is InChI=1S/C22H21N7O/c1-15-12-20(29-21(25-15)23-14-24-29)28-11-10-18-16(13-28)6-5-9-19(18)27-22(30)26-17-7-3-2-4-8-17/h2-9,12,14H,10-11,13H2,1H3,(H2,26,27,30). The molecule has 1 aliphatic heterocycles. The van der Waals surface area contributed by atoms with E-state index in [1.54, 1.807) is 4.52 Å². The van der Waals surface area contributed by atoms with Gasteiger partial charge in [0.1, 0.15) is 12.1 Å². The summed E-state index contributed by atoms with van der Waals surface area (Å²) in [7, 11) is 0. The molecule has 1 aliphatic rings. The molecule has 0 spiro atoms. The molecule has 8 heteroatoms. The van der Waals surface area contributed by atoms with Crippen molar-refractivity contribution in [3.63, 3.8) is 0 Å². The van der Waals surface area contributed by atoms with E-state index in [4.69, 9.17) is 0 Å². The second-order valence-electron chi connectivity index (χ2n) is 7.29. The van der Waals surface area contributed by atoms with Crippen LogP contribution in [-0.4, -0.2) is 32.2 Å². The fourth-order valence-electron chi connectivity index (χ4n) is 3.86. The molecule has 8 nitrogen and oxygen atoms in total. The van der Waals surface area contributed by atoms with Gasteiger partial charge in [-0.3, -0.25) is 0 Å². The molecule has 2 amide bonds. The number of amides is 2. The third-order valence-electron chi connectivity index (χ3n) is 5.23. The molecular formula is C22H21N7O. The Bertz CT molecular complexity index is 1220. The number of carbonyl (C=O) groups is 1. The summed E-state index contributed by atoms with van der Waals surface area (Å²) in [5.41, 5.74) is 4.86. The molecule has 3 heterocycles. The van der Waals surface area contributed by atoms with Crippen molar-refractivity contribution in [2.75, 3.05) is 22.1 Å². The lowest BCUT2D eigenvalue weighted by atomic mass is 9.97. The first-order chi connectivity index (χ1) is 14.7. The number of hydrogen-bond donors (Lipinski definition) is 2. The summed E-state index contributed by atoms with van der Waals surface area (Å²) in [4.78, 5) is 23.4. The number of rotatable bonds is 3. The van der Waals surface area contributed by atoms with Crippen molar-refractivity contribution in [2.24, 2.45) is 0 Å². The van der Waals surface area contributed by atoms with Crippen LogP contribution < -0.4 is 15.5 Å². The highest BCUT2D eigenvalue weighted by molar-refractivity contribution is 6.00. The Hall–Kier alpha value is -3.94. The zero-order valence-corrected chi connectivity index (χ0v) is 16.5. The first-order valence-corrected chi connectivity index (χ1v) is 9.83. The van der Waals surface area contributed by atoms with Crippen LogP contribution >= 0.6 is 0 Å². The third kappa shape index (κ3) is 3.43. The Kier molecular flexibility index (Phi) is 4.51. The number of carbonyl (C=O) groups excluding carboxylic acids is 1. The molecule has 0 saturated carbocycles. The van der Waals surface area contributed by atoms with Crippen LogP contribution in [0.25, 0.3) is 5.78 Å². The number of hydrogen-bond acceptors (Lipinski definition) is 5. The second kappa shape index (κ2) is 7.47. The van der Waals surface area contributed by atoms with E-state index < -0.39 is 0 Å². The topological polar surface area (TPSA) is 87.5 Å². The maximum absolute atomic E-state index is 12.4. The predicted molar refractivity (Wildman–Crippen MR) is 116 cm³/mol. The molecule has 0 aliphatic carbocycles. The van der Waals surface area contributed by atoms with Gasteiger partial charge in [-0.25, -0.2) is 9.78 Å². The number of fused-ring (bicyclic) bond motifs is 2. The minimum atomic E-state index is -0.244. The Balaban J connectivity index is 1.38. The van der Waals surface area contributed by atoms with E-state index in [2.05, 4.69) is 36.7 Å². The summed E-state index contributed by atoms with van der Waals surface area (Å²) < 4.78 is 1.77. The maximum atomic E-state index is 12.4. The number of urea groups is 1. The van der Waals surface area contributed by atoms with Gasteiger partial charge >= 0.3 is 6.03 Å². The third-order valence-corrected chi connectivity index (χ3v) is 5.23. The van der Waals surface area contributed by atoms with Gasteiger partial charge in [-0.1, -0.05) is 30.3 Å². The minimum absolute atomic E-state index is 0.244. The minimum Gasteiger partial charge on any atom is -0.352 e. The van der Waals surface area contributed by atoms with Crippen molar-refractivity contribution in [1.29, 1.82) is 0 Å². The lowest BCUT2D eigenvalue weighted by molar-refractivity contribution is 0.262. The highest BCUT2D eigenvalue weighted by atomic mass is 16.2. The molecule has 0 saturated heterocycles. The molecule has 150 valence electrons. The number of anilines is 3. The highest BCUT2D eigenvalue weighted by Crippen LogP contribution is 2.29. The first kappa shape index (κ1) is 18.1. The zero-order valence-electron chi connectivity index (χ0n) is 16.5. The lowest BCUT2D eigenvalue weighted by Gasteiger charge is -2.31. The summed E-state index contributed by atoms with van der Waals surface area (Å²) in [6.07, 6.45) is 2.34.